The minimum atomic E-state index is -0.0478. The summed E-state index contributed by atoms with van der Waals surface area (Å²) in [5.41, 5.74) is 1.74. The third-order valence-corrected chi connectivity index (χ3v) is 4.23. The van der Waals surface area contributed by atoms with Crippen LogP contribution in [0.5, 0.6) is 5.75 Å². The maximum Gasteiger partial charge on any atom is 0.257 e. The molecule has 2 aromatic carbocycles. The standard InChI is InChI=1S/C21H23N3O3/c1-3-24(14-13-17-9-5-4-6-10-17)21(25)18-11-7-8-12-19(18)26-15-20-22-16(2)27-23-20/h4-12H,3,13-15H2,1-2H3. The van der Waals surface area contributed by atoms with Crippen molar-refractivity contribution in [1.82, 2.24) is 15.0 Å². The monoisotopic (exact) mass is 365 g/mol. The van der Waals surface area contributed by atoms with Crippen LogP contribution in [0.25, 0.3) is 0 Å². The summed E-state index contributed by atoms with van der Waals surface area (Å²) in [4.78, 5) is 19.0. The third kappa shape index (κ3) is 4.94. The van der Waals surface area contributed by atoms with Gasteiger partial charge in [0.2, 0.25) is 11.7 Å². The molecule has 0 saturated carbocycles. The Morgan fingerprint density at radius 1 is 1.11 bits per heavy atom. The van der Waals surface area contributed by atoms with Crippen LogP contribution < -0.4 is 4.74 Å². The summed E-state index contributed by atoms with van der Waals surface area (Å²) < 4.78 is 10.7. The van der Waals surface area contributed by atoms with E-state index in [0.717, 1.165) is 6.42 Å². The Bertz CT molecular complexity index is 877. The van der Waals surface area contributed by atoms with E-state index >= 15 is 0 Å². The topological polar surface area (TPSA) is 68.5 Å². The second-order valence-corrected chi connectivity index (χ2v) is 6.13. The van der Waals surface area contributed by atoms with E-state index < -0.39 is 0 Å². The molecule has 0 spiro atoms. The van der Waals surface area contributed by atoms with Gasteiger partial charge in [-0.05, 0) is 31.0 Å². The number of hydrogen-bond acceptors (Lipinski definition) is 5. The highest BCUT2D eigenvalue weighted by Crippen LogP contribution is 2.21. The molecule has 3 aromatic rings. The summed E-state index contributed by atoms with van der Waals surface area (Å²) >= 11 is 0. The Hall–Kier alpha value is -3.15. The molecule has 6 nitrogen and oxygen atoms in total. The molecule has 0 aliphatic heterocycles. The van der Waals surface area contributed by atoms with Crippen molar-refractivity contribution in [2.75, 3.05) is 13.1 Å². The van der Waals surface area contributed by atoms with Gasteiger partial charge in [-0.25, -0.2) is 0 Å². The van der Waals surface area contributed by atoms with Crippen molar-refractivity contribution in [3.8, 4) is 5.75 Å². The van der Waals surface area contributed by atoms with E-state index in [-0.39, 0.29) is 12.5 Å². The zero-order valence-electron chi connectivity index (χ0n) is 15.6. The first-order valence-electron chi connectivity index (χ1n) is 9.01. The predicted molar refractivity (Wildman–Crippen MR) is 102 cm³/mol. The predicted octanol–water partition coefficient (Wildman–Crippen LogP) is 3.66. The van der Waals surface area contributed by atoms with Gasteiger partial charge in [-0.15, -0.1) is 0 Å². The number of hydrogen-bond donors (Lipinski definition) is 0. The van der Waals surface area contributed by atoms with Gasteiger partial charge in [0, 0.05) is 20.0 Å². The van der Waals surface area contributed by atoms with Crippen molar-refractivity contribution in [2.45, 2.75) is 26.9 Å². The normalized spacial score (nSPS) is 10.6. The number of benzene rings is 2. The molecule has 0 aliphatic carbocycles. The molecule has 140 valence electrons. The number of para-hydroxylation sites is 1. The molecule has 0 aliphatic rings. The SMILES string of the molecule is CCN(CCc1ccccc1)C(=O)c1ccccc1OCc1noc(C)n1. The molecule has 0 unspecified atom stereocenters. The number of carbonyl (C=O) groups is 1. The van der Waals surface area contributed by atoms with Crippen LogP contribution in [0.2, 0.25) is 0 Å². The molecule has 0 radical (unpaired) electrons. The van der Waals surface area contributed by atoms with Crippen LogP contribution in [0, 0.1) is 6.92 Å². The molecule has 0 bridgehead atoms. The molecule has 27 heavy (non-hydrogen) atoms. The highest BCUT2D eigenvalue weighted by atomic mass is 16.5. The summed E-state index contributed by atoms with van der Waals surface area (Å²) in [6.45, 7) is 5.13. The average Bonchev–Trinajstić information content (AvgIpc) is 3.13. The fraction of sp³-hybridized carbons (Fsp3) is 0.286. The number of aryl methyl sites for hydroxylation is 1. The van der Waals surface area contributed by atoms with E-state index in [0.29, 0.717) is 36.1 Å². The number of likely N-dealkylation sites (N-methyl/N-ethyl adjacent to an activating group) is 1. The number of carbonyl (C=O) groups excluding carboxylic acids is 1. The fourth-order valence-corrected chi connectivity index (χ4v) is 2.79. The minimum Gasteiger partial charge on any atom is -0.485 e. The van der Waals surface area contributed by atoms with E-state index in [1.54, 1.807) is 19.1 Å². The Balaban J connectivity index is 1.68. The maximum absolute atomic E-state index is 13.0. The van der Waals surface area contributed by atoms with Gasteiger partial charge in [-0.3, -0.25) is 4.79 Å². The van der Waals surface area contributed by atoms with Crippen LogP contribution in [0.1, 0.15) is 34.6 Å². The van der Waals surface area contributed by atoms with Gasteiger partial charge in [0.1, 0.15) is 5.75 Å². The molecule has 0 atom stereocenters. The highest BCUT2D eigenvalue weighted by Gasteiger charge is 2.18. The highest BCUT2D eigenvalue weighted by molar-refractivity contribution is 5.96. The Labute approximate surface area is 158 Å². The van der Waals surface area contributed by atoms with Gasteiger partial charge in [0.15, 0.2) is 6.61 Å². The number of ether oxygens (including phenoxy) is 1. The first-order chi connectivity index (χ1) is 13.2. The second kappa shape index (κ2) is 8.98. The van der Waals surface area contributed by atoms with Crippen LogP contribution in [0.15, 0.2) is 59.1 Å². The zero-order valence-corrected chi connectivity index (χ0v) is 15.6. The molecule has 6 heteroatoms. The number of aromatic nitrogens is 2. The van der Waals surface area contributed by atoms with E-state index in [4.69, 9.17) is 9.26 Å². The van der Waals surface area contributed by atoms with Gasteiger partial charge in [0.25, 0.3) is 5.91 Å². The van der Waals surface area contributed by atoms with Gasteiger partial charge in [0.05, 0.1) is 5.56 Å². The largest absolute Gasteiger partial charge is 0.485 e. The first kappa shape index (κ1) is 18.6. The van der Waals surface area contributed by atoms with Crippen molar-refractivity contribution in [3.63, 3.8) is 0 Å². The lowest BCUT2D eigenvalue weighted by Crippen LogP contribution is -2.33. The summed E-state index contributed by atoms with van der Waals surface area (Å²) in [7, 11) is 0. The molecule has 3 rings (SSSR count). The summed E-state index contributed by atoms with van der Waals surface area (Å²) in [5, 5.41) is 3.81. The van der Waals surface area contributed by atoms with E-state index in [1.165, 1.54) is 5.56 Å². The molecular weight excluding hydrogens is 342 g/mol. The van der Waals surface area contributed by atoms with Crippen LogP contribution in [-0.2, 0) is 13.0 Å². The van der Waals surface area contributed by atoms with Crippen molar-refractivity contribution < 1.29 is 14.1 Å². The smallest absolute Gasteiger partial charge is 0.257 e. The van der Waals surface area contributed by atoms with Crippen LogP contribution in [-0.4, -0.2) is 34.0 Å². The molecule has 1 heterocycles. The van der Waals surface area contributed by atoms with Gasteiger partial charge in [-0.2, -0.15) is 4.98 Å². The molecular formula is C21H23N3O3. The van der Waals surface area contributed by atoms with Crippen LogP contribution >= 0.6 is 0 Å². The van der Waals surface area contributed by atoms with Gasteiger partial charge in [-0.1, -0.05) is 47.6 Å². The van der Waals surface area contributed by atoms with E-state index in [1.807, 2.05) is 42.2 Å². The van der Waals surface area contributed by atoms with E-state index in [9.17, 15) is 4.79 Å². The minimum absolute atomic E-state index is 0.0478. The average molecular weight is 365 g/mol. The third-order valence-electron chi connectivity index (χ3n) is 4.23. The molecule has 0 N–H and O–H groups in total. The summed E-state index contributed by atoms with van der Waals surface area (Å²) in [6, 6.07) is 17.4. The van der Waals surface area contributed by atoms with Crippen molar-refractivity contribution in [3.05, 3.63) is 77.4 Å². The lowest BCUT2D eigenvalue weighted by Gasteiger charge is -2.22. The number of nitrogens with zero attached hydrogens (tertiary/aromatic N) is 3. The zero-order chi connectivity index (χ0) is 19.1. The fourth-order valence-electron chi connectivity index (χ4n) is 2.79. The second-order valence-electron chi connectivity index (χ2n) is 6.13. The van der Waals surface area contributed by atoms with Crippen LogP contribution in [0.3, 0.4) is 0 Å². The lowest BCUT2D eigenvalue weighted by atomic mass is 10.1. The van der Waals surface area contributed by atoms with Crippen molar-refractivity contribution in [1.29, 1.82) is 0 Å². The molecule has 0 saturated heterocycles. The van der Waals surface area contributed by atoms with Gasteiger partial charge < -0.3 is 14.2 Å². The lowest BCUT2D eigenvalue weighted by molar-refractivity contribution is 0.0761. The van der Waals surface area contributed by atoms with Crippen LogP contribution in [0.4, 0.5) is 0 Å². The quantitative estimate of drug-likeness (QED) is 0.609. The van der Waals surface area contributed by atoms with Crippen molar-refractivity contribution in [2.24, 2.45) is 0 Å². The molecule has 1 amide bonds. The first-order valence-corrected chi connectivity index (χ1v) is 9.01. The molecule has 1 aromatic heterocycles. The Morgan fingerprint density at radius 3 is 2.56 bits per heavy atom. The summed E-state index contributed by atoms with van der Waals surface area (Å²) in [5.74, 6) is 1.40. The number of amides is 1. The molecule has 0 fully saturated rings. The Kier molecular flexibility index (Phi) is 6.20. The number of rotatable bonds is 8. The maximum atomic E-state index is 13.0. The van der Waals surface area contributed by atoms with Crippen molar-refractivity contribution >= 4 is 5.91 Å². The van der Waals surface area contributed by atoms with E-state index in [2.05, 4.69) is 22.3 Å². The summed E-state index contributed by atoms with van der Waals surface area (Å²) in [6.07, 6.45) is 0.811. The Morgan fingerprint density at radius 2 is 1.85 bits per heavy atom. The van der Waals surface area contributed by atoms with Gasteiger partial charge >= 0.3 is 0 Å².